The maximum atomic E-state index is 13.3. The van der Waals surface area contributed by atoms with Gasteiger partial charge in [0.05, 0.1) is 26.3 Å². The molecule has 4 rings (SSSR count). The van der Waals surface area contributed by atoms with E-state index in [-0.39, 0.29) is 36.2 Å². The normalized spacial score (nSPS) is 19.9. The average Bonchev–Trinajstić information content (AvgIpc) is 2.82. The maximum absolute atomic E-state index is 13.3. The zero-order chi connectivity index (χ0) is 24.6. The largest absolute Gasteiger partial charge is 0.500 e. The Bertz CT molecular complexity index is 1220. The minimum Gasteiger partial charge on any atom is -0.500 e. The van der Waals surface area contributed by atoms with E-state index >= 15 is 0 Å². The average molecular weight is 468 g/mol. The van der Waals surface area contributed by atoms with Crippen LogP contribution in [-0.2, 0) is 9.59 Å². The summed E-state index contributed by atoms with van der Waals surface area (Å²) >= 11 is 0. The van der Waals surface area contributed by atoms with Gasteiger partial charge in [0.15, 0.2) is 23.0 Å². The molecule has 0 spiro atoms. The van der Waals surface area contributed by atoms with Crippen molar-refractivity contribution in [2.45, 2.75) is 31.1 Å². The number of nitrogens with zero attached hydrogens (tertiary/aromatic N) is 1. The molecule has 0 bridgehead atoms. The van der Waals surface area contributed by atoms with Crippen LogP contribution in [0.25, 0.3) is 0 Å². The Labute approximate surface area is 195 Å². The smallest absolute Gasteiger partial charge is 0.314 e. The first-order valence-electron chi connectivity index (χ1n) is 10.6. The standard InChI is InChI=1S/C24H24N2O8/c1-32-19-5-4-12(9-20(19)33-2)13-6-16-23(18(27)8-13)15(11-22(28)25-16)14-7-17(26(30)31)24(29)21(10-14)34-3/h4-5,7,9-10,13,15,29H,6,8,11H2,1-3H3,(H,25,28)/t13-,15-/m0/s1. The lowest BCUT2D eigenvalue weighted by molar-refractivity contribution is -0.386. The molecule has 1 amide bonds. The Hall–Kier alpha value is -4.08. The Morgan fingerprint density at radius 2 is 1.62 bits per heavy atom. The van der Waals surface area contributed by atoms with E-state index in [0.717, 1.165) is 5.56 Å². The fourth-order valence-electron chi connectivity index (χ4n) is 4.70. The first-order chi connectivity index (χ1) is 16.3. The number of phenols is 1. The number of aromatic hydroxyl groups is 1. The summed E-state index contributed by atoms with van der Waals surface area (Å²) in [4.78, 5) is 36.6. The second-order valence-corrected chi connectivity index (χ2v) is 8.19. The number of hydrogen-bond acceptors (Lipinski definition) is 8. The molecule has 1 aliphatic heterocycles. The van der Waals surface area contributed by atoms with Gasteiger partial charge < -0.3 is 24.6 Å². The molecule has 1 heterocycles. The number of rotatable bonds is 6. The molecule has 2 aromatic carbocycles. The first-order valence-corrected chi connectivity index (χ1v) is 10.6. The number of nitrogens with one attached hydrogen (secondary N) is 1. The van der Waals surface area contributed by atoms with Crippen LogP contribution in [0, 0.1) is 10.1 Å². The molecule has 0 saturated carbocycles. The van der Waals surface area contributed by atoms with E-state index < -0.39 is 22.3 Å². The third kappa shape index (κ3) is 4.02. The van der Waals surface area contributed by atoms with Crippen LogP contribution >= 0.6 is 0 Å². The number of nitro benzene ring substituents is 1. The van der Waals surface area contributed by atoms with E-state index in [9.17, 15) is 24.8 Å². The van der Waals surface area contributed by atoms with Gasteiger partial charge >= 0.3 is 5.69 Å². The van der Waals surface area contributed by atoms with Gasteiger partial charge in [-0.3, -0.25) is 19.7 Å². The quantitative estimate of drug-likeness (QED) is 0.486. The van der Waals surface area contributed by atoms with Gasteiger partial charge in [-0.15, -0.1) is 0 Å². The van der Waals surface area contributed by atoms with Crippen molar-refractivity contribution in [1.29, 1.82) is 0 Å². The lowest BCUT2D eigenvalue weighted by Gasteiger charge is -2.34. The molecule has 10 heteroatoms. The lowest BCUT2D eigenvalue weighted by atomic mass is 9.73. The number of Topliss-reactive ketones (excluding diaryl/α,β-unsaturated/α-hetero) is 1. The summed E-state index contributed by atoms with van der Waals surface area (Å²) in [6.45, 7) is 0. The van der Waals surface area contributed by atoms with Crippen LogP contribution in [0.15, 0.2) is 41.6 Å². The van der Waals surface area contributed by atoms with Crippen molar-refractivity contribution in [1.82, 2.24) is 5.32 Å². The van der Waals surface area contributed by atoms with Crippen molar-refractivity contribution in [3.8, 4) is 23.0 Å². The molecule has 0 radical (unpaired) electrons. The van der Waals surface area contributed by atoms with Crippen LogP contribution < -0.4 is 19.5 Å². The van der Waals surface area contributed by atoms with Crippen LogP contribution in [0.3, 0.4) is 0 Å². The number of carbonyl (C=O) groups excluding carboxylic acids is 2. The van der Waals surface area contributed by atoms with E-state index in [4.69, 9.17) is 14.2 Å². The number of carbonyl (C=O) groups is 2. The van der Waals surface area contributed by atoms with Gasteiger partial charge in [-0.25, -0.2) is 0 Å². The molecule has 178 valence electrons. The predicted octanol–water partition coefficient (Wildman–Crippen LogP) is 3.33. The van der Waals surface area contributed by atoms with Crippen molar-refractivity contribution >= 4 is 17.4 Å². The predicted molar refractivity (Wildman–Crippen MR) is 120 cm³/mol. The lowest BCUT2D eigenvalue weighted by Crippen LogP contribution is -2.38. The number of ether oxygens (including phenoxy) is 3. The Morgan fingerprint density at radius 3 is 2.26 bits per heavy atom. The summed E-state index contributed by atoms with van der Waals surface area (Å²) in [6.07, 6.45) is 0.574. The van der Waals surface area contributed by atoms with E-state index in [1.54, 1.807) is 13.2 Å². The number of ketones is 1. The van der Waals surface area contributed by atoms with Crippen LogP contribution in [0.5, 0.6) is 23.0 Å². The summed E-state index contributed by atoms with van der Waals surface area (Å²) in [7, 11) is 4.35. The SMILES string of the molecule is COc1ccc([C@@H]2CC(=O)C3=C(C2)NC(=O)C[C@H]3c2cc(OC)c(O)c([N+](=O)[O-])c2)cc1OC. The Morgan fingerprint density at radius 1 is 0.941 bits per heavy atom. The number of methoxy groups -OCH3 is 3. The fourth-order valence-corrected chi connectivity index (χ4v) is 4.70. The number of phenolic OH excluding ortho intramolecular Hbond substituents is 1. The number of nitro groups is 1. The minimum atomic E-state index is -0.727. The monoisotopic (exact) mass is 468 g/mol. The molecular weight excluding hydrogens is 444 g/mol. The summed E-state index contributed by atoms with van der Waals surface area (Å²) in [5, 5.41) is 24.4. The summed E-state index contributed by atoms with van der Waals surface area (Å²) in [6, 6.07) is 8.08. The summed E-state index contributed by atoms with van der Waals surface area (Å²) in [5.74, 6) is -0.897. The minimum absolute atomic E-state index is 0.0450. The van der Waals surface area contributed by atoms with Crippen molar-refractivity contribution < 1.29 is 33.8 Å². The van der Waals surface area contributed by atoms with E-state index in [0.29, 0.717) is 34.8 Å². The number of amides is 1. The molecule has 0 saturated heterocycles. The second kappa shape index (κ2) is 9.05. The number of benzene rings is 2. The van der Waals surface area contributed by atoms with Gasteiger partial charge in [-0.1, -0.05) is 6.07 Å². The number of hydrogen-bond donors (Lipinski definition) is 2. The van der Waals surface area contributed by atoms with Crippen LogP contribution in [-0.4, -0.2) is 43.0 Å². The highest BCUT2D eigenvalue weighted by Gasteiger charge is 2.39. The van der Waals surface area contributed by atoms with Gasteiger partial charge in [-0.05, 0) is 41.7 Å². The van der Waals surface area contributed by atoms with E-state index in [1.807, 2.05) is 12.1 Å². The van der Waals surface area contributed by atoms with E-state index in [2.05, 4.69) is 5.32 Å². The molecule has 2 aliphatic rings. The van der Waals surface area contributed by atoms with Crippen LogP contribution in [0.1, 0.15) is 42.2 Å². The van der Waals surface area contributed by atoms with Crippen molar-refractivity contribution in [2.75, 3.05) is 21.3 Å². The molecule has 10 nitrogen and oxygen atoms in total. The zero-order valence-electron chi connectivity index (χ0n) is 18.9. The van der Waals surface area contributed by atoms with Gasteiger partial charge in [-0.2, -0.15) is 0 Å². The van der Waals surface area contributed by atoms with E-state index in [1.165, 1.54) is 26.4 Å². The number of allylic oxidation sites excluding steroid dienone is 2. The molecule has 0 aromatic heterocycles. The highest BCUT2D eigenvalue weighted by atomic mass is 16.6. The molecule has 2 atom stereocenters. The highest BCUT2D eigenvalue weighted by Crippen LogP contribution is 2.46. The molecule has 0 unspecified atom stereocenters. The molecule has 2 aromatic rings. The van der Waals surface area contributed by atoms with Crippen molar-refractivity contribution in [3.63, 3.8) is 0 Å². The molecule has 0 fully saturated rings. The van der Waals surface area contributed by atoms with Crippen LogP contribution in [0.2, 0.25) is 0 Å². The Balaban J connectivity index is 1.75. The van der Waals surface area contributed by atoms with Gasteiger partial charge in [0, 0.05) is 36.1 Å². The van der Waals surface area contributed by atoms with Gasteiger partial charge in [0.2, 0.25) is 11.7 Å². The first kappa shape index (κ1) is 23.1. The third-order valence-corrected chi connectivity index (χ3v) is 6.31. The topological polar surface area (TPSA) is 137 Å². The Kier molecular flexibility index (Phi) is 6.14. The second-order valence-electron chi connectivity index (χ2n) is 8.19. The fraction of sp³-hybridized carbons (Fsp3) is 0.333. The molecule has 2 N–H and O–H groups in total. The highest BCUT2D eigenvalue weighted by molar-refractivity contribution is 6.02. The van der Waals surface area contributed by atoms with Gasteiger partial charge in [0.25, 0.3) is 0 Å². The summed E-state index contributed by atoms with van der Waals surface area (Å²) < 4.78 is 15.8. The van der Waals surface area contributed by atoms with Crippen molar-refractivity contribution in [3.05, 3.63) is 62.8 Å². The maximum Gasteiger partial charge on any atom is 0.314 e. The molecule has 1 aliphatic carbocycles. The summed E-state index contributed by atoms with van der Waals surface area (Å²) in [5.41, 5.74) is 1.62. The molecule has 34 heavy (non-hydrogen) atoms. The third-order valence-electron chi connectivity index (χ3n) is 6.31. The molecular formula is C24H24N2O8. The van der Waals surface area contributed by atoms with Gasteiger partial charge in [0.1, 0.15) is 0 Å². The van der Waals surface area contributed by atoms with Crippen LogP contribution in [0.4, 0.5) is 5.69 Å². The zero-order valence-corrected chi connectivity index (χ0v) is 18.9. The van der Waals surface area contributed by atoms with Crippen molar-refractivity contribution in [2.24, 2.45) is 0 Å².